The van der Waals surface area contributed by atoms with Crippen molar-refractivity contribution in [2.24, 2.45) is 5.92 Å². The van der Waals surface area contributed by atoms with Crippen LogP contribution in [0.3, 0.4) is 0 Å². The molecule has 2 N–H and O–H groups in total. The van der Waals surface area contributed by atoms with E-state index in [2.05, 4.69) is 47.3 Å². The van der Waals surface area contributed by atoms with Gasteiger partial charge in [-0.3, -0.25) is 4.79 Å². The van der Waals surface area contributed by atoms with Gasteiger partial charge >= 0.3 is 0 Å². The van der Waals surface area contributed by atoms with Crippen molar-refractivity contribution in [1.82, 2.24) is 10.0 Å². The molecule has 1 fully saturated rings. The van der Waals surface area contributed by atoms with Gasteiger partial charge in [0.25, 0.3) is 5.91 Å². The van der Waals surface area contributed by atoms with E-state index in [0.717, 1.165) is 25.0 Å². The Morgan fingerprint density at radius 3 is 1.94 bits per heavy atom. The molecule has 0 unspecified atom stereocenters. The zero-order chi connectivity index (χ0) is 26.9. The fourth-order valence-electron chi connectivity index (χ4n) is 3.85. The van der Waals surface area contributed by atoms with Crippen molar-refractivity contribution in [3.63, 3.8) is 0 Å². The number of nitrogens with one attached hydrogen (secondary N) is 2. The minimum absolute atomic E-state index is 0.0332. The van der Waals surface area contributed by atoms with Gasteiger partial charge in [0.1, 0.15) is 5.75 Å². The maximum absolute atomic E-state index is 12.7. The van der Waals surface area contributed by atoms with Crippen LogP contribution >= 0.6 is 0 Å². The first-order valence-electron chi connectivity index (χ1n) is 12.6. The molecule has 0 heterocycles. The molecule has 198 valence electrons. The minimum atomic E-state index is -2.91. The van der Waals surface area contributed by atoms with E-state index < -0.39 is 10.0 Å². The van der Waals surface area contributed by atoms with Gasteiger partial charge in [-0.2, -0.15) is 0 Å². The van der Waals surface area contributed by atoms with Crippen LogP contribution in [-0.2, 0) is 15.4 Å². The highest BCUT2D eigenvalue weighted by Crippen LogP contribution is 2.41. The summed E-state index contributed by atoms with van der Waals surface area (Å²) in [4.78, 5) is 12.7. The molecular weight excluding hydrogens is 460 g/mol. The number of hydrogen-bond acceptors (Lipinski definition) is 4. The van der Waals surface area contributed by atoms with Crippen LogP contribution in [0.5, 0.6) is 5.75 Å². The lowest BCUT2D eigenvalue weighted by molar-refractivity contribution is 0.0930. The first-order valence-corrected chi connectivity index (χ1v) is 14.4. The molecule has 3 rings (SSSR count). The van der Waals surface area contributed by atoms with Crippen LogP contribution in [0, 0.1) is 5.92 Å². The molecule has 0 aromatic heterocycles. The van der Waals surface area contributed by atoms with Crippen LogP contribution in [0.4, 0.5) is 0 Å². The van der Waals surface area contributed by atoms with Gasteiger partial charge in [0.2, 0.25) is 10.0 Å². The number of sulfonamides is 1. The molecule has 0 aliphatic heterocycles. The van der Waals surface area contributed by atoms with Gasteiger partial charge in [-0.15, -0.1) is 0 Å². The summed E-state index contributed by atoms with van der Waals surface area (Å²) in [5.74, 6) is 1.32. The summed E-state index contributed by atoms with van der Waals surface area (Å²) in [5, 5.41) is 3.18. The number of benzene rings is 2. The van der Waals surface area contributed by atoms with E-state index in [1.54, 1.807) is 7.11 Å². The number of carbonyl (C=O) groups excluding carboxylic acids is 1. The molecule has 0 saturated heterocycles. The van der Waals surface area contributed by atoms with Crippen LogP contribution in [0.1, 0.15) is 76.2 Å². The third kappa shape index (κ3) is 11.3. The van der Waals surface area contributed by atoms with Gasteiger partial charge in [0.05, 0.1) is 18.9 Å². The van der Waals surface area contributed by atoms with Crippen molar-refractivity contribution in [1.29, 1.82) is 0 Å². The summed E-state index contributed by atoms with van der Waals surface area (Å²) in [6.45, 7) is 11.0. The molecule has 1 saturated carbocycles. The van der Waals surface area contributed by atoms with E-state index in [9.17, 15) is 13.2 Å². The fraction of sp³-hybridized carbons (Fsp3) is 0.536. The minimum Gasteiger partial charge on any atom is -0.496 e. The van der Waals surface area contributed by atoms with Gasteiger partial charge in [-0.1, -0.05) is 77.1 Å². The van der Waals surface area contributed by atoms with E-state index in [1.807, 2.05) is 52.0 Å². The summed E-state index contributed by atoms with van der Waals surface area (Å²) < 4.78 is 27.2. The number of amides is 1. The highest BCUT2D eigenvalue weighted by Gasteiger charge is 2.36. The van der Waals surface area contributed by atoms with E-state index >= 15 is 0 Å². The van der Waals surface area contributed by atoms with Gasteiger partial charge in [0.15, 0.2) is 0 Å². The molecule has 35 heavy (non-hydrogen) atoms. The van der Waals surface area contributed by atoms with Crippen LogP contribution in [0.2, 0.25) is 0 Å². The molecule has 0 spiro atoms. The number of para-hydroxylation sites is 1. The molecule has 1 aliphatic rings. The summed E-state index contributed by atoms with van der Waals surface area (Å²) in [7, 11) is 0.0557. The van der Waals surface area contributed by atoms with Gasteiger partial charge in [-0.05, 0) is 56.3 Å². The van der Waals surface area contributed by atoms with E-state index in [4.69, 9.17) is 4.74 Å². The third-order valence-corrected chi connectivity index (χ3v) is 6.67. The SMILES string of the molecule is CC.CC.CNS(C)(=O)=O.COc1ccccc1C(=O)NCC1(c2ccccc2)CCC(C)CC1. The monoisotopic (exact) mass is 506 g/mol. The van der Waals surface area contributed by atoms with Crippen molar-refractivity contribution in [2.45, 2.75) is 65.7 Å². The highest BCUT2D eigenvalue weighted by molar-refractivity contribution is 7.88. The molecular formula is C28H46N2O4S. The summed E-state index contributed by atoms with van der Waals surface area (Å²) >= 11 is 0. The number of hydrogen-bond donors (Lipinski definition) is 2. The molecule has 2 aromatic carbocycles. The fourth-order valence-corrected chi connectivity index (χ4v) is 3.85. The smallest absolute Gasteiger partial charge is 0.255 e. The maximum Gasteiger partial charge on any atom is 0.255 e. The Kier molecular flexibility index (Phi) is 16.0. The van der Waals surface area contributed by atoms with Gasteiger partial charge in [0, 0.05) is 12.0 Å². The second kappa shape index (κ2) is 17.1. The maximum atomic E-state index is 12.7. The standard InChI is InChI=1S/C22H27NO2.C2H7NO2S.2C2H6/c1-17-12-14-22(15-13-17,18-8-4-3-5-9-18)16-23-21(24)19-10-6-7-11-20(19)25-2;1-3-6(2,4)5;2*1-2/h3-11,17H,12-16H2,1-2H3,(H,23,24);3H,1-2H3;2*1-2H3. The normalized spacial score (nSPS) is 18.8. The zero-order valence-corrected chi connectivity index (χ0v) is 23.7. The average Bonchev–Trinajstić information content (AvgIpc) is 2.91. The Hall–Kier alpha value is -2.38. The Morgan fingerprint density at radius 2 is 1.46 bits per heavy atom. The number of rotatable bonds is 6. The molecule has 1 aliphatic carbocycles. The third-order valence-electron chi connectivity index (χ3n) is 5.93. The van der Waals surface area contributed by atoms with Crippen LogP contribution in [-0.4, -0.2) is 41.3 Å². The molecule has 7 heteroatoms. The molecule has 6 nitrogen and oxygen atoms in total. The lowest BCUT2D eigenvalue weighted by Gasteiger charge is -2.40. The summed E-state index contributed by atoms with van der Waals surface area (Å²) in [6, 6.07) is 18.0. The molecule has 1 amide bonds. The first-order chi connectivity index (χ1) is 16.7. The zero-order valence-electron chi connectivity index (χ0n) is 22.9. The predicted molar refractivity (Wildman–Crippen MR) is 148 cm³/mol. The van der Waals surface area contributed by atoms with E-state index in [-0.39, 0.29) is 11.3 Å². The second-order valence-electron chi connectivity index (χ2n) is 8.19. The van der Waals surface area contributed by atoms with Crippen molar-refractivity contribution in [2.75, 3.05) is 27.0 Å². The molecule has 0 radical (unpaired) electrons. The Labute approximate surface area is 213 Å². The largest absolute Gasteiger partial charge is 0.496 e. The second-order valence-corrected chi connectivity index (χ2v) is 10.1. The number of ether oxygens (including phenoxy) is 1. The van der Waals surface area contributed by atoms with Crippen LogP contribution in [0.25, 0.3) is 0 Å². The van der Waals surface area contributed by atoms with Crippen molar-refractivity contribution in [3.05, 3.63) is 65.7 Å². The molecule has 0 bridgehead atoms. The highest BCUT2D eigenvalue weighted by atomic mass is 32.2. The topological polar surface area (TPSA) is 84.5 Å². The first kappa shape index (κ1) is 32.6. The Morgan fingerprint density at radius 1 is 0.971 bits per heavy atom. The summed E-state index contributed by atoms with van der Waals surface area (Å²) in [5.41, 5.74) is 1.96. The summed E-state index contributed by atoms with van der Waals surface area (Å²) in [6.07, 6.45) is 5.75. The van der Waals surface area contributed by atoms with Crippen molar-refractivity contribution < 1.29 is 17.9 Å². The average molecular weight is 507 g/mol. The number of methoxy groups -OCH3 is 1. The molecule has 0 atom stereocenters. The van der Waals surface area contributed by atoms with Gasteiger partial charge in [-0.25, -0.2) is 13.1 Å². The van der Waals surface area contributed by atoms with E-state index in [0.29, 0.717) is 17.9 Å². The van der Waals surface area contributed by atoms with Crippen LogP contribution in [0.15, 0.2) is 54.6 Å². The number of carbonyl (C=O) groups is 1. The predicted octanol–water partition coefficient (Wildman–Crippen LogP) is 5.79. The molecule has 2 aromatic rings. The Bertz CT molecular complexity index is 938. The lowest BCUT2D eigenvalue weighted by atomic mass is 9.67. The van der Waals surface area contributed by atoms with Crippen molar-refractivity contribution >= 4 is 15.9 Å². The quantitative estimate of drug-likeness (QED) is 0.519. The van der Waals surface area contributed by atoms with Crippen LogP contribution < -0.4 is 14.8 Å². The van der Waals surface area contributed by atoms with Crippen molar-refractivity contribution in [3.8, 4) is 5.75 Å². The Balaban J connectivity index is 0.000000997. The van der Waals surface area contributed by atoms with E-state index in [1.165, 1.54) is 25.5 Å². The lowest BCUT2D eigenvalue weighted by Crippen LogP contribution is -2.43. The van der Waals surface area contributed by atoms with Gasteiger partial charge < -0.3 is 10.1 Å².